The van der Waals surface area contributed by atoms with Gasteiger partial charge < -0.3 is 0 Å². The number of thioether (sulfide) groups is 2. The fourth-order valence-electron chi connectivity index (χ4n) is 3.74. The van der Waals surface area contributed by atoms with Crippen molar-refractivity contribution in [1.82, 2.24) is 4.98 Å². The fourth-order valence-corrected chi connectivity index (χ4v) is 5.66. The minimum atomic E-state index is -0.00792. The van der Waals surface area contributed by atoms with Gasteiger partial charge in [-0.05, 0) is 43.4 Å². The van der Waals surface area contributed by atoms with Gasteiger partial charge in [-0.3, -0.25) is 9.79 Å². The third-order valence-corrected chi connectivity index (χ3v) is 6.94. The Bertz CT molecular complexity index is 822. The number of hydrogen-bond donors (Lipinski definition) is 0. The van der Waals surface area contributed by atoms with Crippen molar-refractivity contribution < 1.29 is 4.79 Å². The first-order valence-electron chi connectivity index (χ1n) is 8.13. The zero-order chi connectivity index (χ0) is 16.7. The maximum Gasteiger partial charge on any atom is 0.161 e. The average molecular weight is 355 g/mol. The molecule has 122 valence electrons. The second kappa shape index (κ2) is 6.38. The molecule has 2 aliphatic heterocycles. The molecule has 1 aliphatic carbocycles. The molecule has 0 aromatic carbocycles. The molecule has 6 heteroatoms. The van der Waals surface area contributed by atoms with Crippen LogP contribution in [-0.2, 0) is 4.79 Å². The maximum atomic E-state index is 12.5. The van der Waals surface area contributed by atoms with Gasteiger partial charge in [0.1, 0.15) is 11.1 Å². The second-order valence-electron chi connectivity index (χ2n) is 6.16. The molecule has 3 aliphatic rings. The van der Waals surface area contributed by atoms with Crippen molar-refractivity contribution in [2.75, 3.05) is 12.0 Å². The lowest BCUT2D eigenvalue weighted by Crippen LogP contribution is -2.34. The Hall–Kier alpha value is -1.58. The van der Waals surface area contributed by atoms with E-state index in [0.29, 0.717) is 12.0 Å². The molecule has 1 aromatic rings. The van der Waals surface area contributed by atoms with Crippen LogP contribution in [0.1, 0.15) is 42.9 Å². The zero-order valence-corrected chi connectivity index (χ0v) is 15.0. The number of aliphatic imine (C=N–C) groups is 1. The summed E-state index contributed by atoms with van der Waals surface area (Å²) in [6, 6.07) is 5.96. The van der Waals surface area contributed by atoms with Gasteiger partial charge in [0.2, 0.25) is 0 Å². The van der Waals surface area contributed by atoms with Crippen LogP contribution in [0.3, 0.4) is 0 Å². The van der Waals surface area contributed by atoms with E-state index in [9.17, 15) is 10.1 Å². The Morgan fingerprint density at radius 3 is 3.00 bits per heavy atom. The molecule has 4 rings (SSSR count). The molecule has 2 unspecified atom stereocenters. The molecule has 0 saturated carbocycles. The first-order chi connectivity index (χ1) is 11.7. The number of allylic oxidation sites excluding steroid dienone is 2. The number of fused-ring (bicyclic) bond motifs is 1. The summed E-state index contributed by atoms with van der Waals surface area (Å²) in [6.07, 6.45) is 5.44. The largest absolute Gasteiger partial charge is 0.294 e. The molecule has 0 N–H and O–H groups in total. The lowest BCUT2D eigenvalue weighted by molar-refractivity contribution is -0.115. The molecule has 1 aromatic heterocycles. The van der Waals surface area contributed by atoms with Crippen LogP contribution >= 0.6 is 23.5 Å². The third-order valence-electron chi connectivity index (χ3n) is 4.81. The molecule has 0 amide bonds. The van der Waals surface area contributed by atoms with Gasteiger partial charge in [0.25, 0.3) is 0 Å². The van der Waals surface area contributed by atoms with Gasteiger partial charge in [-0.1, -0.05) is 0 Å². The molecule has 24 heavy (non-hydrogen) atoms. The van der Waals surface area contributed by atoms with E-state index in [0.717, 1.165) is 47.0 Å². The van der Waals surface area contributed by atoms with E-state index in [1.807, 2.05) is 30.2 Å². The van der Waals surface area contributed by atoms with Crippen LogP contribution in [0.15, 0.2) is 33.4 Å². The van der Waals surface area contributed by atoms with E-state index < -0.39 is 0 Å². The van der Waals surface area contributed by atoms with Gasteiger partial charge in [-0.2, -0.15) is 17.0 Å². The summed E-state index contributed by atoms with van der Waals surface area (Å²) >= 11 is 3.38. The highest BCUT2D eigenvalue weighted by Gasteiger charge is 2.43. The molecule has 1 saturated heterocycles. The number of carbonyl (C=O) groups excluding carboxylic acids is 1. The van der Waals surface area contributed by atoms with E-state index in [1.165, 1.54) is 17.5 Å². The van der Waals surface area contributed by atoms with Crippen molar-refractivity contribution in [3.8, 4) is 6.07 Å². The SMILES string of the molecule is CSc1nc(C2C3=C(CCC3=O)N=C3CCCSC32)ccc1C#N. The maximum absolute atomic E-state index is 12.5. The number of nitriles is 1. The van der Waals surface area contributed by atoms with Crippen LogP contribution in [0.4, 0.5) is 0 Å². The summed E-state index contributed by atoms with van der Waals surface area (Å²) in [7, 11) is 0. The normalized spacial score (nSPS) is 25.8. The summed E-state index contributed by atoms with van der Waals surface area (Å²) in [5.74, 6) is 1.31. The van der Waals surface area contributed by atoms with Crippen molar-refractivity contribution in [2.45, 2.75) is 41.9 Å². The van der Waals surface area contributed by atoms with Gasteiger partial charge in [0.05, 0.1) is 16.5 Å². The van der Waals surface area contributed by atoms with Crippen LogP contribution in [0.2, 0.25) is 0 Å². The molecule has 0 radical (unpaired) electrons. The van der Waals surface area contributed by atoms with E-state index in [1.54, 1.807) is 0 Å². The Morgan fingerprint density at radius 2 is 2.21 bits per heavy atom. The summed E-state index contributed by atoms with van der Waals surface area (Å²) in [6.45, 7) is 0. The number of carbonyl (C=O) groups is 1. The van der Waals surface area contributed by atoms with Crippen molar-refractivity contribution in [3.63, 3.8) is 0 Å². The molecule has 0 bridgehead atoms. The van der Waals surface area contributed by atoms with Gasteiger partial charge in [-0.25, -0.2) is 4.98 Å². The van der Waals surface area contributed by atoms with E-state index in [-0.39, 0.29) is 17.0 Å². The van der Waals surface area contributed by atoms with Gasteiger partial charge in [0.15, 0.2) is 5.78 Å². The minimum absolute atomic E-state index is 0.00792. The van der Waals surface area contributed by atoms with Crippen molar-refractivity contribution >= 4 is 35.0 Å². The van der Waals surface area contributed by atoms with Crippen LogP contribution in [0.25, 0.3) is 0 Å². The third kappa shape index (κ3) is 2.51. The van der Waals surface area contributed by atoms with Crippen molar-refractivity contribution in [3.05, 3.63) is 34.7 Å². The number of pyridine rings is 1. The molecule has 0 spiro atoms. The first kappa shape index (κ1) is 15.9. The molecule has 1 fully saturated rings. The number of ketones is 1. The first-order valence-corrected chi connectivity index (χ1v) is 10.4. The number of hydrogen-bond acceptors (Lipinski definition) is 6. The van der Waals surface area contributed by atoms with Crippen LogP contribution in [0, 0.1) is 11.3 Å². The van der Waals surface area contributed by atoms with Crippen LogP contribution in [0.5, 0.6) is 0 Å². The Morgan fingerprint density at radius 1 is 1.33 bits per heavy atom. The highest BCUT2D eigenvalue weighted by Crippen LogP contribution is 2.47. The Kier molecular flexibility index (Phi) is 4.23. The molecule has 4 nitrogen and oxygen atoms in total. The van der Waals surface area contributed by atoms with Gasteiger partial charge >= 0.3 is 0 Å². The van der Waals surface area contributed by atoms with Crippen molar-refractivity contribution in [2.24, 2.45) is 4.99 Å². The van der Waals surface area contributed by atoms with E-state index in [4.69, 9.17) is 9.98 Å². The highest BCUT2D eigenvalue weighted by atomic mass is 32.2. The average Bonchev–Trinajstić information content (AvgIpc) is 2.99. The lowest BCUT2D eigenvalue weighted by Gasteiger charge is -2.35. The summed E-state index contributed by atoms with van der Waals surface area (Å²) < 4.78 is 0. The second-order valence-corrected chi connectivity index (χ2v) is 8.21. The van der Waals surface area contributed by atoms with Crippen LogP contribution < -0.4 is 0 Å². The summed E-state index contributed by atoms with van der Waals surface area (Å²) in [5.41, 5.74) is 4.59. The van der Waals surface area contributed by atoms with Gasteiger partial charge in [-0.15, -0.1) is 11.8 Å². The summed E-state index contributed by atoms with van der Waals surface area (Å²) in [5, 5.41) is 10.2. The highest BCUT2D eigenvalue weighted by molar-refractivity contribution is 8.00. The Balaban J connectivity index is 1.84. The number of rotatable bonds is 2. The zero-order valence-electron chi connectivity index (χ0n) is 13.4. The van der Waals surface area contributed by atoms with Gasteiger partial charge in [0, 0.05) is 29.3 Å². The monoisotopic (exact) mass is 355 g/mol. The molecular formula is C18H17N3OS2. The Labute approximate surface area is 149 Å². The number of nitrogens with zero attached hydrogens (tertiary/aromatic N) is 3. The predicted octanol–water partition coefficient (Wildman–Crippen LogP) is 3.73. The van der Waals surface area contributed by atoms with E-state index >= 15 is 0 Å². The standard InChI is InChI=1S/C18H17N3OS2/c1-23-18-10(9-19)4-5-12(21-18)16-15-11(6-7-14(15)22)20-13-3-2-8-24-17(13)16/h4-5,16-17H,2-3,6-8H2,1H3. The number of aromatic nitrogens is 1. The summed E-state index contributed by atoms with van der Waals surface area (Å²) in [4.78, 5) is 22.1. The smallest absolute Gasteiger partial charge is 0.161 e. The molecule has 2 atom stereocenters. The molecular weight excluding hydrogens is 338 g/mol. The predicted molar refractivity (Wildman–Crippen MR) is 97.7 cm³/mol. The topological polar surface area (TPSA) is 66.1 Å². The quantitative estimate of drug-likeness (QED) is 0.756. The van der Waals surface area contributed by atoms with Crippen LogP contribution in [-0.4, -0.2) is 33.7 Å². The lowest BCUT2D eigenvalue weighted by atomic mass is 9.84. The van der Waals surface area contributed by atoms with E-state index in [2.05, 4.69) is 6.07 Å². The minimum Gasteiger partial charge on any atom is -0.294 e. The fraction of sp³-hybridized carbons (Fsp3) is 0.444. The van der Waals surface area contributed by atoms with Crippen molar-refractivity contribution in [1.29, 1.82) is 5.26 Å². The molecule has 3 heterocycles. The number of Topliss-reactive ketones (excluding diaryl/α,β-unsaturated/α-hetero) is 1.